The smallest absolute Gasteiger partial charge is 0.246 e. The minimum Gasteiger partial charge on any atom is -0.394 e. The van der Waals surface area contributed by atoms with E-state index in [1.54, 1.807) is 74.8 Å². The van der Waals surface area contributed by atoms with E-state index in [9.17, 15) is 62.6 Å². The molecule has 13 atom stereocenters. The number of imidazole rings is 1. The molecule has 0 aliphatic carbocycles. The normalized spacial score (nSPS) is 23.2. The van der Waals surface area contributed by atoms with E-state index in [1.807, 2.05) is 13.8 Å². The van der Waals surface area contributed by atoms with E-state index in [4.69, 9.17) is 45.8 Å². The minimum atomic E-state index is -1.82. The van der Waals surface area contributed by atoms with Crippen LogP contribution in [0.5, 0.6) is 0 Å². The maximum Gasteiger partial charge on any atom is 0.246 e. The summed E-state index contributed by atoms with van der Waals surface area (Å²) < 4.78 is 0. The van der Waals surface area contributed by atoms with Gasteiger partial charge in [-0.2, -0.15) is 0 Å². The van der Waals surface area contributed by atoms with Gasteiger partial charge in [0.15, 0.2) is 11.7 Å². The van der Waals surface area contributed by atoms with Gasteiger partial charge in [-0.1, -0.05) is 126 Å². The van der Waals surface area contributed by atoms with Gasteiger partial charge in [0.1, 0.15) is 72.5 Å². The average molecular weight is 1940 g/mol. The van der Waals surface area contributed by atoms with Crippen LogP contribution in [0.15, 0.2) is 91.6 Å². The number of halogens is 2. The zero-order chi connectivity index (χ0) is 98.3. The predicted octanol–water partition coefficient (Wildman–Crippen LogP) is 0.896. The number of likely N-dealkylation sites (N-methyl/N-ethyl adjacent to an activating group) is 4. The SMILES string of the molecule is C.CCCC[C@H]1C(=O)N(C)[C@@H](CCCC)C(=O)N[C@@H](CCCNC(=N)N)C(=O)N[C@H](C(=O)NCC(N)=O)CSCC(=O)N[C@@H](Cc2ccc(Cl)c(Cl)c2)C(=O)N(C)[C@@H](C)C(=O)N[C@@H](CC(N)=O)C(=O)N2CCC[C@H]2C(=O)N[C@@H](Cc2cnc[nH]2)C(=O)N[C@@H](CC(C)C)C(=O)N(C)CC(=O)C[C@@H](Cc2c[nH]c3ccccc23)C(=O)N[C@@H](CO)C(=O)N[C@@H](Cc2c[nH]c3ccccc23)C(=O)N1C. The van der Waals surface area contributed by atoms with Gasteiger partial charge in [0.05, 0.1) is 48.2 Å². The highest BCUT2D eigenvalue weighted by atomic mass is 35.5. The molecule has 736 valence electrons. The number of nitrogens with zero attached hydrogens (tertiary/aromatic N) is 6. The van der Waals surface area contributed by atoms with Crippen LogP contribution in [0.25, 0.3) is 21.8 Å². The molecule has 2 fully saturated rings. The number of aliphatic hydroxyl groups is 1. The fraction of sp³-hybridized carbons (Fsp3) is 0.527. The van der Waals surface area contributed by atoms with Crippen molar-refractivity contribution in [2.75, 3.05) is 72.5 Å². The summed E-state index contributed by atoms with van der Waals surface area (Å²) in [5.74, 6) is -18.4. The molecule has 2 saturated heterocycles. The maximum absolute atomic E-state index is 15.7. The number of carbonyl (C=O) groups is 17. The van der Waals surface area contributed by atoms with E-state index in [1.165, 1.54) is 65.8 Å². The Morgan fingerprint density at radius 3 is 1.77 bits per heavy atom. The quantitative estimate of drug-likeness (QED) is 0.0204. The highest BCUT2D eigenvalue weighted by molar-refractivity contribution is 8.00. The van der Waals surface area contributed by atoms with E-state index >= 15 is 24.0 Å². The number of fused-ring (bicyclic) bond motifs is 3. The van der Waals surface area contributed by atoms with Crippen LogP contribution in [0.1, 0.15) is 148 Å². The van der Waals surface area contributed by atoms with Gasteiger partial charge >= 0.3 is 0 Å². The van der Waals surface area contributed by atoms with Crippen LogP contribution in [0.3, 0.4) is 0 Å². The van der Waals surface area contributed by atoms with Gasteiger partial charge in [-0.05, 0) is 105 Å². The van der Waals surface area contributed by atoms with Gasteiger partial charge in [0.2, 0.25) is 94.5 Å². The zero-order valence-electron chi connectivity index (χ0n) is 76.7. The number of hydrogen-bond donors (Lipinski definition) is 18. The molecule has 21 N–H and O–H groups in total. The largest absolute Gasteiger partial charge is 0.394 e. The van der Waals surface area contributed by atoms with Gasteiger partial charge < -0.3 is 115 Å². The highest BCUT2D eigenvalue weighted by Crippen LogP contribution is 2.29. The summed E-state index contributed by atoms with van der Waals surface area (Å²) in [6, 6.07) is 0.313. The molecule has 16 amide bonds. The van der Waals surface area contributed by atoms with Crippen LogP contribution in [-0.4, -0.2) is 301 Å². The van der Waals surface area contributed by atoms with Gasteiger partial charge in [-0.3, -0.25) is 86.9 Å². The Morgan fingerprint density at radius 2 is 1.16 bits per heavy atom. The lowest BCUT2D eigenvalue weighted by Gasteiger charge is -2.36. The van der Waals surface area contributed by atoms with Crippen molar-refractivity contribution in [2.45, 2.75) is 224 Å². The number of nitrogens with one attached hydrogen (secondary N) is 14. The Kier molecular flexibility index (Phi) is 42.8. The summed E-state index contributed by atoms with van der Waals surface area (Å²) in [7, 11) is 5.25. The standard InChI is InChI=1S/C90H125Cl2N23O18S.CH4/c1-10-12-25-71-83(127)104-63(24-18-30-98-90(95)96)80(124)110-70(79(123)101-43-75(94)119)46-134-47-76(120)103-66(34-51-28-29-59(91)60(92)33-51)86(130)112(7)50(5)77(121)106-68(39-74(93)118)88(132)115-31-19-27-72(115)84(128)105-64(38-55-42-97-48-102-55)81(125)107-65(32-49(3)4)85(129)111(6)44-56(117)36-52(35-53-40-99-61-22-16-14-20-57(53)61)78(122)109-69(45-116)82(126)108-67(37-54-41-100-62-23-17-15-21-58(54)62)87(131)114(9)73(26-13-11-2)89(133)113(71)8;/h14-17,20-23,28-29,33,40-42,48-50,52,63-73,99-100,116H,10-13,18-19,24-27,30-32,34-39,43-47H2,1-9H3,(H2,93,118)(H2,94,119)(H,97,102)(H,101,123)(H,103,120)(H,104,127)(H,105,128)(H,106,121)(H,107,125)(H,108,126)(H,109,122)(H,110,124)(H4,95,96,98);1H4/t50-,52+,63-,64-,65-,66-,67-,68-,69-,70-,71-,72-,73-;/m0./s1. The Bertz CT molecular complexity index is 5190. The van der Waals surface area contributed by atoms with Gasteiger partial charge in [-0.15, -0.1) is 11.8 Å². The molecule has 2 aliphatic heterocycles. The van der Waals surface area contributed by atoms with E-state index in [0.29, 0.717) is 69.9 Å². The van der Waals surface area contributed by atoms with Crippen molar-refractivity contribution in [1.82, 2.24) is 97.6 Å². The monoisotopic (exact) mass is 1930 g/mol. The van der Waals surface area contributed by atoms with E-state index in [0.717, 1.165) is 36.3 Å². The molecule has 3 aromatic heterocycles. The van der Waals surface area contributed by atoms with Crippen molar-refractivity contribution in [3.8, 4) is 0 Å². The summed E-state index contributed by atoms with van der Waals surface area (Å²) >= 11 is 13.5. The van der Waals surface area contributed by atoms with Crippen LogP contribution in [0.4, 0.5) is 0 Å². The number of hydrogen-bond acceptors (Lipinski definition) is 21. The highest BCUT2D eigenvalue weighted by Gasteiger charge is 2.44. The van der Waals surface area contributed by atoms with Crippen molar-refractivity contribution < 1.29 is 86.6 Å². The fourth-order valence-corrected chi connectivity index (χ4v) is 17.3. The molecule has 0 spiro atoms. The number of ketones is 1. The van der Waals surface area contributed by atoms with E-state index in [-0.39, 0.29) is 107 Å². The number of para-hydroxylation sites is 2. The maximum atomic E-state index is 15.7. The topological polar surface area (TPSA) is 609 Å². The number of unbranched alkanes of at least 4 members (excludes halogenated alkanes) is 2. The number of aromatic nitrogens is 4. The number of benzene rings is 3. The number of H-pyrrole nitrogens is 3. The van der Waals surface area contributed by atoms with Crippen molar-refractivity contribution >= 4 is 163 Å². The van der Waals surface area contributed by atoms with E-state index < -0.39 is 229 Å². The summed E-state index contributed by atoms with van der Waals surface area (Å²) in [4.78, 5) is 268. The molecule has 44 heteroatoms. The Labute approximate surface area is 797 Å². The first kappa shape index (κ1) is 109. The van der Waals surface area contributed by atoms with Crippen molar-refractivity contribution in [3.05, 3.63) is 124 Å². The predicted molar refractivity (Wildman–Crippen MR) is 508 cm³/mol. The molecule has 41 nitrogen and oxygen atoms in total. The molecule has 0 saturated carbocycles. The first-order chi connectivity index (χ1) is 63.7. The second-order valence-electron chi connectivity index (χ2n) is 34.2. The molecule has 0 radical (unpaired) electrons. The number of nitrogens with two attached hydrogens (primary N) is 3. The molecule has 0 unspecified atom stereocenters. The summed E-state index contributed by atoms with van der Waals surface area (Å²) in [5, 5.41) is 47.0. The summed E-state index contributed by atoms with van der Waals surface area (Å²) in [6.45, 7) is 5.99. The fourth-order valence-electron chi connectivity index (χ4n) is 16.1. The van der Waals surface area contributed by atoms with Crippen LogP contribution < -0.4 is 70.4 Å². The van der Waals surface area contributed by atoms with Gasteiger partial charge in [-0.25, -0.2) is 4.98 Å². The number of carbonyl (C=O) groups excluding carboxylic acids is 17. The number of guanidine groups is 1. The number of thioether (sulfide) groups is 1. The third kappa shape index (κ3) is 31.7. The number of aromatic amines is 3. The minimum absolute atomic E-state index is 0. The van der Waals surface area contributed by atoms with Crippen LogP contribution in [-0.2, 0) is 107 Å². The van der Waals surface area contributed by atoms with Crippen molar-refractivity contribution in [2.24, 2.45) is 29.0 Å². The molecule has 2 aliphatic rings. The number of aliphatic hydroxyl groups excluding tert-OH is 1. The third-order valence-electron chi connectivity index (χ3n) is 23.5. The lowest BCUT2D eigenvalue weighted by atomic mass is 9.92. The van der Waals surface area contributed by atoms with Crippen LogP contribution in [0.2, 0.25) is 10.0 Å². The molecule has 8 rings (SSSR count). The molecular weight excluding hydrogens is 1810 g/mol. The van der Waals surface area contributed by atoms with Crippen LogP contribution >= 0.6 is 35.0 Å². The number of primary amides is 2. The molecule has 0 bridgehead atoms. The first-order valence-electron chi connectivity index (χ1n) is 44.6. The van der Waals surface area contributed by atoms with E-state index in [2.05, 4.69) is 73.1 Å². The number of rotatable bonds is 26. The second-order valence-corrected chi connectivity index (χ2v) is 36.1. The van der Waals surface area contributed by atoms with Crippen molar-refractivity contribution in [1.29, 1.82) is 5.41 Å². The van der Waals surface area contributed by atoms with Gasteiger partial charge in [0, 0.05) is 125 Å². The average Bonchev–Trinajstić information content (AvgIpc) is 1.80. The first-order valence-corrected chi connectivity index (χ1v) is 46.5. The zero-order valence-corrected chi connectivity index (χ0v) is 79.0. The molecule has 135 heavy (non-hydrogen) atoms. The Morgan fingerprint density at radius 1 is 0.585 bits per heavy atom. The molecule has 6 aromatic rings. The summed E-state index contributed by atoms with van der Waals surface area (Å²) in [5.41, 5.74) is 19.9. The van der Waals surface area contributed by atoms with Crippen LogP contribution in [0, 0.1) is 17.2 Å². The number of amides is 16. The van der Waals surface area contributed by atoms with Crippen molar-refractivity contribution in [3.63, 3.8) is 0 Å². The Balaban J connectivity index is 0.0000249. The second kappa shape index (κ2) is 52.8. The summed E-state index contributed by atoms with van der Waals surface area (Å²) in [6.07, 6.45) is 5.35. The van der Waals surface area contributed by atoms with Gasteiger partial charge in [0.25, 0.3) is 0 Å². The number of Topliss-reactive ketones (excluding diaryl/α,β-unsaturated/α-hetero) is 1. The lowest BCUT2D eigenvalue weighted by Crippen LogP contribution is -2.61. The molecule has 5 heterocycles. The Hall–Kier alpha value is -12.7. The third-order valence-corrected chi connectivity index (χ3v) is 25.3. The molecular formula is C91H129Cl2N23O18S. The lowest BCUT2D eigenvalue weighted by molar-refractivity contribution is -0.149. The molecule has 3 aromatic carbocycles.